The molecule has 0 radical (unpaired) electrons. The van der Waals surface area contributed by atoms with Gasteiger partial charge in [-0.15, -0.1) is 0 Å². The zero-order valence-corrected chi connectivity index (χ0v) is 15.4. The van der Waals surface area contributed by atoms with Gasteiger partial charge in [0, 0.05) is 5.92 Å². The van der Waals surface area contributed by atoms with E-state index >= 15 is 0 Å². The Balaban J connectivity index is 2.50. The summed E-state index contributed by atoms with van der Waals surface area (Å²) in [5, 5.41) is 0.297. The van der Waals surface area contributed by atoms with E-state index in [1.165, 1.54) is 25.7 Å². The lowest BCUT2D eigenvalue weighted by Gasteiger charge is -2.39. The van der Waals surface area contributed by atoms with Crippen LogP contribution in [0.15, 0.2) is 24.3 Å². The van der Waals surface area contributed by atoms with Crippen molar-refractivity contribution in [2.45, 2.75) is 84.0 Å². The van der Waals surface area contributed by atoms with Gasteiger partial charge in [-0.05, 0) is 37.4 Å². The fourth-order valence-electron chi connectivity index (χ4n) is 2.29. The summed E-state index contributed by atoms with van der Waals surface area (Å²) >= 11 is 0. The minimum absolute atomic E-state index is 0.297. The predicted octanol–water partition coefficient (Wildman–Crippen LogP) is 6.09. The predicted molar refractivity (Wildman–Crippen MR) is 92.6 cm³/mol. The highest BCUT2D eigenvalue weighted by molar-refractivity contribution is 6.74. The van der Waals surface area contributed by atoms with E-state index in [1.54, 1.807) is 0 Å². The second-order valence-electron chi connectivity index (χ2n) is 7.58. The van der Waals surface area contributed by atoms with Gasteiger partial charge in [-0.1, -0.05) is 64.8 Å². The highest BCUT2D eigenvalue weighted by atomic mass is 28.4. The highest BCUT2D eigenvalue weighted by Gasteiger charge is 2.40. The second-order valence-corrected chi connectivity index (χ2v) is 12.3. The minimum Gasteiger partial charge on any atom is -0.413 e. The van der Waals surface area contributed by atoms with Crippen LogP contribution in [0.1, 0.15) is 59.8 Å². The third-order valence-electron chi connectivity index (χ3n) is 4.74. The molecule has 1 nitrogen and oxygen atoms in total. The molecular weight excluding hydrogens is 260 g/mol. The van der Waals surface area contributed by atoms with Crippen LogP contribution in [-0.2, 0) is 4.43 Å². The minimum atomic E-state index is -1.65. The number of rotatable bonds is 7. The molecule has 0 amide bonds. The van der Waals surface area contributed by atoms with Crippen molar-refractivity contribution in [3.8, 4) is 0 Å². The van der Waals surface area contributed by atoms with Crippen LogP contribution >= 0.6 is 0 Å². The normalized spacial score (nSPS) is 23.9. The first-order valence-corrected chi connectivity index (χ1v) is 11.2. The van der Waals surface area contributed by atoms with E-state index in [-0.39, 0.29) is 0 Å². The molecule has 2 heteroatoms. The van der Waals surface area contributed by atoms with Crippen LogP contribution in [-0.4, -0.2) is 14.4 Å². The first kappa shape index (κ1) is 17.7. The molecule has 0 heterocycles. The molecule has 116 valence electrons. The van der Waals surface area contributed by atoms with Gasteiger partial charge >= 0.3 is 0 Å². The molecular formula is C18H34OSi. The van der Waals surface area contributed by atoms with Crippen LogP contribution in [0.25, 0.3) is 0 Å². The number of hydrogen-bond donors (Lipinski definition) is 0. The van der Waals surface area contributed by atoms with E-state index < -0.39 is 8.32 Å². The number of allylic oxidation sites excluding steroid dienone is 1. The second kappa shape index (κ2) is 7.60. The maximum atomic E-state index is 6.58. The van der Waals surface area contributed by atoms with Gasteiger partial charge in [0.2, 0.25) is 0 Å². The summed E-state index contributed by atoms with van der Waals surface area (Å²) < 4.78 is 6.58. The van der Waals surface area contributed by atoms with Gasteiger partial charge in [-0.2, -0.15) is 0 Å². The Kier molecular flexibility index (Phi) is 6.73. The van der Waals surface area contributed by atoms with Crippen molar-refractivity contribution in [2.75, 3.05) is 0 Å². The quantitative estimate of drug-likeness (QED) is 0.313. The zero-order valence-electron chi connectivity index (χ0n) is 14.4. The van der Waals surface area contributed by atoms with Gasteiger partial charge < -0.3 is 4.43 Å². The highest BCUT2D eigenvalue weighted by Crippen LogP contribution is 2.39. The van der Waals surface area contributed by atoms with Crippen LogP contribution in [0.5, 0.6) is 0 Å². The third-order valence-corrected chi connectivity index (χ3v) is 9.25. The maximum absolute atomic E-state index is 6.58. The fourth-order valence-corrected chi connectivity index (χ4v) is 3.65. The van der Waals surface area contributed by atoms with E-state index in [0.717, 1.165) is 6.42 Å². The molecule has 0 aliphatic heterocycles. The van der Waals surface area contributed by atoms with E-state index in [2.05, 4.69) is 65.1 Å². The summed E-state index contributed by atoms with van der Waals surface area (Å²) in [6.45, 7) is 13.9. The van der Waals surface area contributed by atoms with Gasteiger partial charge in [-0.25, -0.2) is 0 Å². The smallest absolute Gasteiger partial charge is 0.192 e. The zero-order chi connectivity index (χ0) is 15.2. The van der Waals surface area contributed by atoms with Crippen LogP contribution in [0.2, 0.25) is 18.1 Å². The van der Waals surface area contributed by atoms with Crippen molar-refractivity contribution in [1.29, 1.82) is 0 Å². The molecule has 0 saturated heterocycles. The van der Waals surface area contributed by atoms with E-state index in [9.17, 15) is 0 Å². The van der Waals surface area contributed by atoms with Gasteiger partial charge in [0.25, 0.3) is 0 Å². The van der Waals surface area contributed by atoms with Crippen molar-refractivity contribution < 1.29 is 4.43 Å². The Labute approximate surface area is 127 Å². The summed E-state index contributed by atoms with van der Waals surface area (Å²) in [4.78, 5) is 0. The van der Waals surface area contributed by atoms with Crippen molar-refractivity contribution in [1.82, 2.24) is 0 Å². The summed E-state index contributed by atoms with van der Waals surface area (Å²) in [6, 6.07) is 0. The van der Waals surface area contributed by atoms with Crippen LogP contribution in [0, 0.1) is 5.92 Å². The number of unbranched alkanes of at least 4 members (excludes halogenated alkanes) is 3. The molecule has 0 aromatic rings. The van der Waals surface area contributed by atoms with Crippen molar-refractivity contribution in [2.24, 2.45) is 5.92 Å². The van der Waals surface area contributed by atoms with E-state index in [0.29, 0.717) is 17.1 Å². The summed E-state index contributed by atoms with van der Waals surface area (Å²) in [6.07, 6.45) is 16.0. The van der Waals surface area contributed by atoms with Gasteiger partial charge in [0.1, 0.15) is 0 Å². The van der Waals surface area contributed by atoms with Gasteiger partial charge in [0.15, 0.2) is 8.32 Å². The standard InChI is InChI=1S/C18H34OSi/c1-7-8-9-10-11-13-16-14-12-15-17(16)19-20(5,6)18(2,3)4/h11-14,16-17H,7-10,15H2,1-6H3/b13-11+/t16-,17-/m0/s1. The van der Waals surface area contributed by atoms with Crippen molar-refractivity contribution >= 4 is 8.32 Å². The largest absolute Gasteiger partial charge is 0.413 e. The molecule has 1 rings (SSSR count). The van der Waals surface area contributed by atoms with Gasteiger partial charge in [0.05, 0.1) is 6.10 Å². The lowest BCUT2D eigenvalue weighted by Crippen LogP contribution is -2.44. The first-order chi connectivity index (χ1) is 9.28. The lowest BCUT2D eigenvalue weighted by atomic mass is 10.1. The third kappa shape index (κ3) is 5.21. The summed E-state index contributed by atoms with van der Waals surface area (Å²) in [5.74, 6) is 0.491. The molecule has 1 aliphatic carbocycles. The Hall–Kier alpha value is -0.343. The van der Waals surface area contributed by atoms with E-state index in [4.69, 9.17) is 4.43 Å². The average molecular weight is 295 g/mol. The molecule has 0 bridgehead atoms. The lowest BCUT2D eigenvalue weighted by molar-refractivity contribution is 0.168. The van der Waals surface area contributed by atoms with Crippen LogP contribution in [0.3, 0.4) is 0 Å². The maximum Gasteiger partial charge on any atom is 0.192 e. The SMILES string of the molecule is CCCCC/C=C/[C@H]1C=CC[C@@H]1O[Si](C)(C)C(C)(C)C. The molecule has 0 saturated carbocycles. The molecule has 0 aromatic carbocycles. The molecule has 20 heavy (non-hydrogen) atoms. The topological polar surface area (TPSA) is 9.23 Å². The van der Waals surface area contributed by atoms with Crippen LogP contribution < -0.4 is 0 Å². The van der Waals surface area contributed by atoms with E-state index in [1.807, 2.05) is 0 Å². The molecule has 1 aliphatic rings. The Morgan fingerprint density at radius 2 is 1.95 bits per heavy atom. The van der Waals surface area contributed by atoms with Crippen LogP contribution in [0.4, 0.5) is 0 Å². The molecule has 0 fully saturated rings. The number of hydrogen-bond acceptors (Lipinski definition) is 1. The Morgan fingerprint density at radius 1 is 1.25 bits per heavy atom. The van der Waals surface area contributed by atoms with Gasteiger partial charge in [-0.3, -0.25) is 0 Å². The average Bonchev–Trinajstić information content (AvgIpc) is 2.74. The monoisotopic (exact) mass is 294 g/mol. The van der Waals surface area contributed by atoms with Crippen molar-refractivity contribution in [3.63, 3.8) is 0 Å². The first-order valence-electron chi connectivity index (χ1n) is 8.29. The molecule has 0 unspecified atom stereocenters. The summed E-state index contributed by atoms with van der Waals surface area (Å²) in [5.41, 5.74) is 0. The fraction of sp³-hybridized carbons (Fsp3) is 0.778. The molecule has 0 N–H and O–H groups in total. The molecule has 0 aromatic heterocycles. The summed E-state index contributed by atoms with van der Waals surface area (Å²) in [7, 11) is -1.65. The molecule has 0 spiro atoms. The Morgan fingerprint density at radius 3 is 2.55 bits per heavy atom. The molecule has 2 atom stereocenters. The Bertz CT molecular complexity index is 336. The van der Waals surface area contributed by atoms with Crippen molar-refractivity contribution in [3.05, 3.63) is 24.3 Å².